The van der Waals surface area contributed by atoms with Crippen LogP contribution in [0.1, 0.15) is 64.0 Å². The fourth-order valence-electron chi connectivity index (χ4n) is 3.43. The van der Waals surface area contributed by atoms with Gasteiger partial charge in [-0.1, -0.05) is 79.9 Å². The van der Waals surface area contributed by atoms with Crippen LogP contribution in [-0.4, -0.2) is 30.4 Å². The standard InChI is InChI=1S/C27H38N2O4/c1-27(2,3)33-25(30)28-19-13-5-4-12-18-24(20-22-14-8-6-9-15-22)29-26(31)32-21-23-16-10-7-11-17-23/h6-11,14-17,24H,4-5,12-13,18-21H2,1-3H3,(H,28,30)(H,29,31). The molecule has 2 aromatic rings. The van der Waals surface area contributed by atoms with Crippen LogP contribution < -0.4 is 10.6 Å². The van der Waals surface area contributed by atoms with Gasteiger partial charge >= 0.3 is 12.2 Å². The largest absolute Gasteiger partial charge is 0.445 e. The van der Waals surface area contributed by atoms with Gasteiger partial charge in [0.1, 0.15) is 12.2 Å². The lowest BCUT2D eigenvalue weighted by atomic mass is 10.00. The predicted molar refractivity (Wildman–Crippen MR) is 131 cm³/mol. The summed E-state index contributed by atoms with van der Waals surface area (Å²) in [4.78, 5) is 24.0. The number of rotatable bonds is 12. The molecule has 0 bridgehead atoms. The van der Waals surface area contributed by atoms with Gasteiger partial charge in [-0.3, -0.25) is 0 Å². The first-order chi connectivity index (χ1) is 15.8. The van der Waals surface area contributed by atoms with Crippen molar-refractivity contribution in [2.45, 2.75) is 77.5 Å². The molecule has 1 atom stereocenters. The maximum atomic E-state index is 12.4. The lowest BCUT2D eigenvalue weighted by Crippen LogP contribution is -2.36. The van der Waals surface area contributed by atoms with Crippen LogP contribution >= 0.6 is 0 Å². The Morgan fingerprint density at radius 2 is 1.42 bits per heavy atom. The zero-order valence-electron chi connectivity index (χ0n) is 20.1. The van der Waals surface area contributed by atoms with E-state index in [1.165, 1.54) is 5.56 Å². The van der Waals surface area contributed by atoms with Crippen LogP contribution in [0.5, 0.6) is 0 Å². The SMILES string of the molecule is CC(C)(C)OC(=O)NCCCCCCC(Cc1ccccc1)NC(=O)OCc1ccccc1. The van der Waals surface area contributed by atoms with E-state index < -0.39 is 5.60 Å². The number of hydrogen-bond donors (Lipinski definition) is 2. The summed E-state index contributed by atoms with van der Waals surface area (Å²) in [7, 11) is 0. The van der Waals surface area contributed by atoms with E-state index in [4.69, 9.17) is 9.47 Å². The molecule has 0 spiro atoms. The molecule has 0 aromatic heterocycles. The molecule has 2 rings (SSSR count). The van der Waals surface area contributed by atoms with Gasteiger partial charge in [-0.15, -0.1) is 0 Å². The normalized spacial score (nSPS) is 12.0. The number of carbonyl (C=O) groups excluding carboxylic acids is 2. The smallest absolute Gasteiger partial charge is 0.407 e. The van der Waals surface area contributed by atoms with Crippen molar-refractivity contribution in [1.29, 1.82) is 0 Å². The molecule has 1 unspecified atom stereocenters. The molecule has 180 valence electrons. The fourth-order valence-corrected chi connectivity index (χ4v) is 3.43. The Hall–Kier alpha value is -3.02. The van der Waals surface area contributed by atoms with Crippen molar-refractivity contribution in [3.05, 3.63) is 71.8 Å². The van der Waals surface area contributed by atoms with Crippen molar-refractivity contribution < 1.29 is 19.1 Å². The number of carbonyl (C=O) groups is 2. The zero-order valence-corrected chi connectivity index (χ0v) is 20.1. The van der Waals surface area contributed by atoms with Crippen LogP contribution in [0.15, 0.2) is 60.7 Å². The molecule has 0 radical (unpaired) electrons. The number of nitrogens with one attached hydrogen (secondary N) is 2. The number of unbranched alkanes of at least 4 members (excludes halogenated alkanes) is 3. The van der Waals surface area contributed by atoms with Crippen molar-refractivity contribution >= 4 is 12.2 Å². The molecule has 2 amide bonds. The number of alkyl carbamates (subject to hydrolysis) is 2. The van der Waals surface area contributed by atoms with Gasteiger partial charge in [0.2, 0.25) is 0 Å². The average molecular weight is 455 g/mol. The molecule has 2 aromatic carbocycles. The number of amides is 2. The first kappa shape index (κ1) is 26.2. The third kappa shape index (κ3) is 12.6. The summed E-state index contributed by atoms with van der Waals surface area (Å²) in [5, 5.41) is 5.83. The maximum absolute atomic E-state index is 12.4. The summed E-state index contributed by atoms with van der Waals surface area (Å²) in [5.41, 5.74) is 1.67. The second kappa shape index (κ2) is 14.2. The van der Waals surface area contributed by atoms with Gasteiger partial charge in [0.05, 0.1) is 0 Å². The summed E-state index contributed by atoms with van der Waals surface area (Å²) >= 11 is 0. The molecule has 0 aliphatic rings. The second-order valence-electron chi connectivity index (χ2n) is 9.22. The van der Waals surface area contributed by atoms with Crippen molar-refractivity contribution in [1.82, 2.24) is 10.6 Å². The number of hydrogen-bond acceptors (Lipinski definition) is 4. The molecule has 2 N–H and O–H groups in total. The first-order valence-electron chi connectivity index (χ1n) is 11.8. The Morgan fingerprint density at radius 1 is 0.818 bits per heavy atom. The summed E-state index contributed by atoms with van der Waals surface area (Å²) in [6, 6.07) is 19.8. The molecule has 0 saturated carbocycles. The number of benzene rings is 2. The molecule has 0 heterocycles. The number of ether oxygens (including phenoxy) is 2. The van der Waals surface area contributed by atoms with Crippen molar-refractivity contribution in [2.75, 3.05) is 6.54 Å². The minimum Gasteiger partial charge on any atom is -0.445 e. The molecule has 6 nitrogen and oxygen atoms in total. The minimum atomic E-state index is -0.479. The Labute approximate surface area is 198 Å². The van der Waals surface area contributed by atoms with Crippen molar-refractivity contribution in [3.63, 3.8) is 0 Å². The minimum absolute atomic E-state index is 0.00978. The second-order valence-corrected chi connectivity index (χ2v) is 9.22. The van der Waals surface area contributed by atoms with Gasteiger partial charge in [0.25, 0.3) is 0 Å². The molecule has 0 fully saturated rings. The van der Waals surface area contributed by atoms with E-state index in [-0.39, 0.29) is 24.8 Å². The van der Waals surface area contributed by atoms with E-state index in [1.54, 1.807) is 0 Å². The quantitative estimate of drug-likeness (QED) is 0.386. The summed E-state index contributed by atoms with van der Waals surface area (Å²) in [5.74, 6) is 0. The highest BCUT2D eigenvalue weighted by molar-refractivity contribution is 5.68. The van der Waals surface area contributed by atoms with E-state index in [9.17, 15) is 9.59 Å². The Morgan fingerprint density at radius 3 is 2.06 bits per heavy atom. The summed E-state index contributed by atoms with van der Waals surface area (Å²) < 4.78 is 10.6. The summed E-state index contributed by atoms with van der Waals surface area (Å²) in [6.07, 6.45) is 4.80. The molecule has 6 heteroatoms. The highest BCUT2D eigenvalue weighted by Gasteiger charge is 2.16. The Balaban J connectivity index is 1.70. The fraction of sp³-hybridized carbons (Fsp3) is 0.481. The average Bonchev–Trinajstić information content (AvgIpc) is 2.77. The van der Waals surface area contributed by atoms with E-state index in [2.05, 4.69) is 22.8 Å². The summed E-state index contributed by atoms with van der Waals surface area (Å²) in [6.45, 7) is 6.42. The monoisotopic (exact) mass is 454 g/mol. The molecule has 0 aliphatic heterocycles. The van der Waals surface area contributed by atoms with Crippen molar-refractivity contribution in [3.8, 4) is 0 Å². The third-order valence-electron chi connectivity index (χ3n) is 5.01. The van der Waals surface area contributed by atoms with Gasteiger partial charge in [0, 0.05) is 12.6 Å². The molecule has 33 heavy (non-hydrogen) atoms. The molecular weight excluding hydrogens is 416 g/mol. The molecular formula is C27H38N2O4. The van der Waals surface area contributed by atoms with Crippen LogP contribution in [0, 0.1) is 0 Å². The van der Waals surface area contributed by atoms with E-state index in [0.29, 0.717) is 6.54 Å². The van der Waals surface area contributed by atoms with Gasteiger partial charge < -0.3 is 20.1 Å². The van der Waals surface area contributed by atoms with E-state index in [0.717, 1.165) is 44.1 Å². The topological polar surface area (TPSA) is 76.7 Å². The van der Waals surface area contributed by atoms with Crippen LogP contribution in [0.3, 0.4) is 0 Å². The van der Waals surface area contributed by atoms with Gasteiger partial charge in [-0.2, -0.15) is 0 Å². The van der Waals surface area contributed by atoms with Crippen molar-refractivity contribution in [2.24, 2.45) is 0 Å². The highest BCUT2D eigenvalue weighted by atomic mass is 16.6. The van der Waals surface area contributed by atoms with Crippen LogP contribution in [-0.2, 0) is 22.5 Å². The Bertz CT molecular complexity index is 819. The lowest BCUT2D eigenvalue weighted by molar-refractivity contribution is 0.0527. The molecule has 0 aliphatic carbocycles. The maximum Gasteiger partial charge on any atom is 0.407 e. The molecule has 0 saturated heterocycles. The third-order valence-corrected chi connectivity index (χ3v) is 5.01. The zero-order chi connectivity index (χ0) is 23.9. The van der Waals surface area contributed by atoms with Crippen LogP contribution in [0.2, 0.25) is 0 Å². The van der Waals surface area contributed by atoms with Gasteiger partial charge in [0.15, 0.2) is 0 Å². The lowest BCUT2D eigenvalue weighted by Gasteiger charge is -2.20. The Kier molecular flexibility index (Phi) is 11.3. The highest BCUT2D eigenvalue weighted by Crippen LogP contribution is 2.12. The van der Waals surface area contributed by atoms with E-state index in [1.807, 2.05) is 69.3 Å². The van der Waals surface area contributed by atoms with Gasteiger partial charge in [-0.25, -0.2) is 9.59 Å². The first-order valence-corrected chi connectivity index (χ1v) is 11.8. The van der Waals surface area contributed by atoms with E-state index >= 15 is 0 Å². The van der Waals surface area contributed by atoms with Gasteiger partial charge in [-0.05, 0) is 51.2 Å². The van der Waals surface area contributed by atoms with Crippen LogP contribution in [0.25, 0.3) is 0 Å². The predicted octanol–water partition coefficient (Wildman–Crippen LogP) is 6.00. The van der Waals surface area contributed by atoms with Crippen LogP contribution in [0.4, 0.5) is 9.59 Å².